The van der Waals surface area contributed by atoms with Gasteiger partial charge in [0.15, 0.2) is 0 Å². The third-order valence-corrected chi connectivity index (χ3v) is 5.72. The van der Waals surface area contributed by atoms with Gasteiger partial charge in [0.2, 0.25) is 5.91 Å². The van der Waals surface area contributed by atoms with Gasteiger partial charge in [-0.1, -0.05) is 6.42 Å². The lowest BCUT2D eigenvalue weighted by Crippen LogP contribution is -2.59. The summed E-state index contributed by atoms with van der Waals surface area (Å²) in [6, 6.07) is 0.781. The number of fused-ring (bicyclic) bond motifs is 1. The molecule has 2 saturated heterocycles. The summed E-state index contributed by atoms with van der Waals surface area (Å²) < 4.78 is 11.9. The van der Waals surface area contributed by atoms with Crippen molar-refractivity contribution in [3.63, 3.8) is 0 Å². The second kappa shape index (κ2) is 6.85. The highest BCUT2D eigenvalue weighted by molar-refractivity contribution is 5.76. The van der Waals surface area contributed by atoms with Gasteiger partial charge in [-0.2, -0.15) is 0 Å². The summed E-state index contributed by atoms with van der Waals surface area (Å²) in [6.07, 6.45) is 7.77. The fourth-order valence-corrected chi connectivity index (χ4v) is 4.07. The van der Waals surface area contributed by atoms with Crippen molar-refractivity contribution in [2.75, 3.05) is 47.0 Å². The van der Waals surface area contributed by atoms with Crippen LogP contribution in [0.3, 0.4) is 0 Å². The summed E-state index contributed by atoms with van der Waals surface area (Å²) in [5.74, 6) is 0.0383. The van der Waals surface area contributed by atoms with Gasteiger partial charge in [-0.3, -0.25) is 9.69 Å². The second-order valence-corrected chi connectivity index (χ2v) is 7.45. The molecule has 2 heterocycles. The number of likely N-dealkylation sites (tertiary alicyclic amines) is 1. The van der Waals surface area contributed by atoms with Crippen LogP contribution in [-0.2, 0) is 14.3 Å². The molecule has 0 bridgehead atoms. The molecule has 1 aliphatic carbocycles. The Balaban J connectivity index is 1.60. The predicted molar refractivity (Wildman–Crippen MR) is 84.7 cm³/mol. The molecule has 5 nitrogen and oxygen atoms in total. The van der Waals surface area contributed by atoms with E-state index in [1.54, 1.807) is 19.0 Å². The van der Waals surface area contributed by atoms with Gasteiger partial charge in [0.05, 0.1) is 12.7 Å². The molecule has 3 rings (SSSR count). The van der Waals surface area contributed by atoms with E-state index >= 15 is 0 Å². The van der Waals surface area contributed by atoms with Crippen molar-refractivity contribution in [1.82, 2.24) is 9.80 Å². The maximum absolute atomic E-state index is 11.7. The lowest BCUT2D eigenvalue weighted by atomic mass is 9.72. The van der Waals surface area contributed by atoms with Gasteiger partial charge in [0, 0.05) is 45.2 Å². The Labute approximate surface area is 133 Å². The van der Waals surface area contributed by atoms with Crippen LogP contribution in [-0.4, -0.2) is 74.9 Å². The summed E-state index contributed by atoms with van der Waals surface area (Å²) in [4.78, 5) is 16.0. The van der Waals surface area contributed by atoms with Crippen LogP contribution in [0.1, 0.15) is 38.5 Å². The zero-order valence-electron chi connectivity index (χ0n) is 14.1. The summed E-state index contributed by atoms with van der Waals surface area (Å²) in [7, 11) is 3.55. The van der Waals surface area contributed by atoms with Crippen LogP contribution in [0.25, 0.3) is 0 Å². The molecule has 2 aliphatic heterocycles. The second-order valence-electron chi connectivity index (χ2n) is 7.45. The maximum Gasteiger partial charge on any atom is 0.248 e. The van der Waals surface area contributed by atoms with E-state index in [9.17, 15) is 4.79 Å². The summed E-state index contributed by atoms with van der Waals surface area (Å²) in [6.45, 7) is 3.96. The molecule has 1 amide bonds. The normalized spacial score (nSPS) is 33.1. The molecule has 0 radical (unpaired) electrons. The summed E-state index contributed by atoms with van der Waals surface area (Å²) >= 11 is 0. The molecule has 2 atom stereocenters. The smallest absolute Gasteiger partial charge is 0.248 e. The molecule has 0 aromatic carbocycles. The quantitative estimate of drug-likeness (QED) is 0.772. The summed E-state index contributed by atoms with van der Waals surface area (Å²) in [5, 5.41) is 0. The van der Waals surface area contributed by atoms with Crippen molar-refractivity contribution < 1.29 is 14.3 Å². The lowest BCUT2D eigenvalue weighted by Gasteiger charge is -2.53. The minimum Gasteiger partial charge on any atom is -0.377 e. The lowest BCUT2D eigenvalue weighted by molar-refractivity contribution is -0.165. The van der Waals surface area contributed by atoms with Crippen molar-refractivity contribution in [2.45, 2.75) is 50.7 Å². The van der Waals surface area contributed by atoms with Crippen molar-refractivity contribution >= 4 is 5.91 Å². The molecule has 0 aromatic rings. The van der Waals surface area contributed by atoms with Crippen LogP contribution >= 0.6 is 0 Å². The largest absolute Gasteiger partial charge is 0.377 e. The minimum atomic E-state index is 0.0383. The average molecular weight is 310 g/mol. The third kappa shape index (κ3) is 3.31. The van der Waals surface area contributed by atoms with E-state index in [-0.39, 0.29) is 17.9 Å². The summed E-state index contributed by atoms with van der Waals surface area (Å²) in [5.41, 5.74) is 0.0959. The highest BCUT2D eigenvalue weighted by Gasteiger charge is 2.47. The number of piperidine rings is 1. The van der Waals surface area contributed by atoms with E-state index in [0.29, 0.717) is 12.7 Å². The number of carbonyl (C=O) groups excluding carboxylic acids is 1. The van der Waals surface area contributed by atoms with Crippen LogP contribution in [0.15, 0.2) is 0 Å². The van der Waals surface area contributed by atoms with Crippen molar-refractivity contribution in [1.29, 1.82) is 0 Å². The highest BCUT2D eigenvalue weighted by atomic mass is 16.5. The molecule has 0 unspecified atom stereocenters. The topological polar surface area (TPSA) is 42.0 Å². The van der Waals surface area contributed by atoms with E-state index in [2.05, 4.69) is 4.90 Å². The zero-order valence-corrected chi connectivity index (χ0v) is 14.1. The van der Waals surface area contributed by atoms with Crippen molar-refractivity contribution in [2.24, 2.45) is 5.41 Å². The average Bonchev–Trinajstić information content (AvgIpc) is 2.45. The molecule has 0 aromatic heterocycles. The number of rotatable bonds is 5. The molecular weight excluding hydrogens is 280 g/mol. The number of carbonyl (C=O) groups is 1. The molecule has 3 fully saturated rings. The van der Waals surface area contributed by atoms with Gasteiger partial charge in [-0.15, -0.1) is 0 Å². The number of hydrogen-bond donors (Lipinski definition) is 0. The first-order valence-corrected chi connectivity index (χ1v) is 8.74. The fourth-order valence-electron chi connectivity index (χ4n) is 4.07. The van der Waals surface area contributed by atoms with Crippen LogP contribution in [0.2, 0.25) is 0 Å². The SMILES string of the molecule is CN(C)C(=O)COC[C@@]12CCCO[C@H]1CCN(C1CCC1)C2. The zero-order chi connectivity index (χ0) is 15.6. The Kier molecular flexibility index (Phi) is 5.05. The first-order chi connectivity index (χ1) is 10.6. The van der Waals surface area contributed by atoms with E-state index in [0.717, 1.165) is 45.0 Å². The fraction of sp³-hybridized carbons (Fsp3) is 0.941. The van der Waals surface area contributed by atoms with Crippen LogP contribution in [0.4, 0.5) is 0 Å². The van der Waals surface area contributed by atoms with Crippen LogP contribution < -0.4 is 0 Å². The Morgan fingerprint density at radius 2 is 2.14 bits per heavy atom. The maximum atomic E-state index is 11.7. The van der Waals surface area contributed by atoms with Gasteiger partial charge >= 0.3 is 0 Å². The molecule has 22 heavy (non-hydrogen) atoms. The van der Waals surface area contributed by atoms with Crippen LogP contribution in [0.5, 0.6) is 0 Å². The molecule has 126 valence electrons. The monoisotopic (exact) mass is 310 g/mol. The third-order valence-electron chi connectivity index (χ3n) is 5.72. The number of ether oxygens (including phenoxy) is 2. The minimum absolute atomic E-state index is 0.0383. The molecule has 0 N–H and O–H groups in total. The van der Waals surface area contributed by atoms with Gasteiger partial charge in [-0.05, 0) is 32.1 Å². The number of amides is 1. The van der Waals surface area contributed by atoms with Crippen LogP contribution in [0, 0.1) is 5.41 Å². The molecular formula is C17H30N2O3. The Bertz CT molecular complexity index is 397. The molecule has 1 saturated carbocycles. The first kappa shape index (κ1) is 16.2. The number of likely N-dealkylation sites (N-methyl/N-ethyl adjacent to an activating group) is 1. The number of nitrogens with zero attached hydrogens (tertiary/aromatic N) is 2. The predicted octanol–water partition coefficient (Wildman–Crippen LogP) is 1.51. The van der Waals surface area contributed by atoms with Gasteiger partial charge in [0.25, 0.3) is 0 Å². The standard InChI is InChI=1S/C17H30N2O3/c1-18(2)16(20)11-21-13-17-8-4-10-22-15(17)7-9-19(12-17)14-5-3-6-14/h14-15H,3-13H2,1-2H3/t15-,17-/m0/s1. The number of hydrogen-bond acceptors (Lipinski definition) is 4. The van der Waals surface area contributed by atoms with E-state index in [4.69, 9.17) is 9.47 Å². The van der Waals surface area contributed by atoms with E-state index in [1.807, 2.05) is 0 Å². The van der Waals surface area contributed by atoms with Gasteiger partial charge in [0.1, 0.15) is 6.61 Å². The van der Waals surface area contributed by atoms with E-state index < -0.39 is 0 Å². The van der Waals surface area contributed by atoms with Crippen molar-refractivity contribution in [3.05, 3.63) is 0 Å². The van der Waals surface area contributed by atoms with Crippen molar-refractivity contribution in [3.8, 4) is 0 Å². The Morgan fingerprint density at radius 1 is 1.32 bits per heavy atom. The first-order valence-electron chi connectivity index (χ1n) is 8.74. The Hall–Kier alpha value is -0.650. The van der Waals surface area contributed by atoms with Gasteiger partial charge < -0.3 is 14.4 Å². The highest BCUT2D eigenvalue weighted by Crippen LogP contribution is 2.42. The van der Waals surface area contributed by atoms with E-state index in [1.165, 1.54) is 19.3 Å². The Morgan fingerprint density at radius 3 is 2.82 bits per heavy atom. The van der Waals surface area contributed by atoms with Gasteiger partial charge in [-0.25, -0.2) is 0 Å². The molecule has 3 aliphatic rings. The molecule has 0 spiro atoms. The molecule has 5 heteroatoms.